The van der Waals surface area contributed by atoms with Gasteiger partial charge < -0.3 is 10.2 Å². The minimum atomic E-state index is 0.318. The average molecular weight is 184 g/mol. The lowest BCUT2D eigenvalue weighted by atomic mass is 10.2. The summed E-state index contributed by atoms with van der Waals surface area (Å²) in [5.41, 5.74) is 0. The molecule has 0 aromatic carbocycles. The molecule has 3 heteroatoms. The number of nitrogens with one attached hydrogen (secondary N) is 1. The molecule has 76 valence electrons. The van der Waals surface area contributed by atoms with Crippen LogP contribution in [0.1, 0.15) is 32.1 Å². The molecule has 1 rings (SSSR count). The Kier molecular flexibility index (Phi) is 4.22. The highest BCUT2D eigenvalue weighted by molar-refractivity contribution is 5.76. The van der Waals surface area contributed by atoms with Crippen molar-refractivity contribution in [2.75, 3.05) is 20.6 Å². The lowest BCUT2D eigenvalue weighted by Crippen LogP contribution is -2.28. The van der Waals surface area contributed by atoms with Crippen LogP contribution in [-0.4, -0.2) is 37.5 Å². The Hall–Kier alpha value is -0.570. The fourth-order valence-electron chi connectivity index (χ4n) is 1.42. The number of hydrogen-bond donors (Lipinski definition) is 1. The van der Waals surface area contributed by atoms with Crippen LogP contribution in [0.2, 0.25) is 0 Å². The highest BCUT2D eigenvalue weighted by Crippen LogP contribution is 2.25. The zero-order valence-corrected chi connectivity index (χ0v) is 8.68. The largest absolute Gasteiger partial charge is 0.343 e. The van der Waals surface area contributed by atoms with Gasteiger partial charge in [0.15, 0.2) is 0 Å². The maximum atomic E-state index is 11.5. The van der Waals surface area contributed by atoms with E-state index in [1.807, 2.05) is 19.0 Å². The molecule has 0 aromatic rings. The highest BCUT2D eigenvalue weighted by Gasteiger charge is 2.28. The van der Waals surface area contributed by atoms with Crippen molar-refractivity contribution in [2.45, 2.75) is 38.1 Å². The van der Waals surface area contributed by atoms with E-state index in [0.29, 0.717) is 18.4 Å². The fourth-order valence-corrected chi connectivity index (χ4v) is 1.42. The van der Waals surface area contributed by atoms with Crippen molar-refractivity contribution >= 4 is 5.91 Å². The maximum absolute atomic E-state index is 11.5. The Balaban J connectivity index is 2.02. The van der Waals surface area contributed by atoms with Gasteiger partial charge in [0.25, 0.3) is 0 Å². The zero-order valence-electron chi connectivity index (χ0n) is 8.68. The molecular formula is C10H20N2O. The molecule has 0 radical (unpaired) electrons. The Labute approximate surface area is 80.5 Å². The van der Waals surface area contributed by atoms with Crippen LogP contribution >= 0.6 is 0 Å². The molecule has 0 aliphatic heterocycles. The van der Waals surface area contributed by atoms with Gasteiger partial charge in [-0.2, -0.15) is 0 Å². The molecule has 1 amide bonds. The minimum Gasteiger partial charge on any atom is -0.343 e. The first kappa shape index (κ1) is 10.5. The lowest BCUT2D eigenvalue weighted by molar-refractivity contribution is -0.130. The van der Waals surface area contributed by atoms with E-state index in [2.05, 4.69) is 5.32 Å². The third kappa shape index (κ3) is 3.77. The molecule has 0 atom stereocenters. The molecule has 1 saturated carbocycles. The molecular weight excluding hydrogens is 164 g/mol. The second-order valence-corrected chi connectivity index (χ2v) is 3.80. The van der Waals surface area contributed by atoms with Crippen LogP contribution in [0.25, 0.3) is 0 Å². The highest BCUT2D eigenvalue weighted by atomic mass is 16.2. The molecule has 1 N–H and O–H groups in total. The third-order valence-corrected chi connectivity index (χ3v) is 2.56. The van der Waals surface area contributed by atoms with Gasteiger partial charge in [0.05, 0.1) is 0 Å². The van der Waals surface area contributed by atoms with Crippen molar-refractivity contribution in [3.05, 3.63) is 0 Å². The number of rotatable bonds is 6. The lowest BCUT2D eigenvalue weighted by Gasteiger charge is -2.15. The van der Waals surface area contributed by atoms with Crippen LogP contribution < -0.4 is 5.32 Å². The van der Waals surface area contributed by atoms with Gasteiger partial charge in [-0.25, -0.2) is 0 Å². The van der Waals surface area contributed by atoms with E-state index in [1.165, 1.54) is 12.8 Å². The van der Waals surface area contributed by atoms with E-state index in [1.54, 1.807) is 0 Å². The van der Waals surface area contributed by atoms with Crippen molar-refractivity contribution in [1.29, 1.82) is 0 Å². The first-order valence-electron chi connectivity index (χ1n) is 5.16. The number of nitrogens with zero attached hydrogens (tertiary/aromatic N) is 1. The summed E-state index contributed by atoms with van der Waals surface area (Å²) in [4.78, 5) is 13.4. The zero-order chi connectivity index (χ0) is 9.68. The molecule has 1 fully saturated rings. The Bertz CT molecular complexity index is 166. The van der Waals surface area contributed by atoms with E-state index in [-0.39, 0.29) is 0 Å². The molecule has 0 unspecified atom stereocenters. The van der Waals surface area contributed by atoms with Crippen LogP contribution in [0.15, 0.2) is 0 Å². The summed E-state index contributed by atoms with van der Waals surface area (Å²) >= 11 is 0. The number of amides is 1. The molecule has 0 bridgehead atoms. The van der Waals surface area contributed by atoms with Crippen molar-refractivity contribution in [3.63, 3.8) is 0 Å². The number of carbonyl (C=O) groups excluding carboxylic acids is 1. The van der Waals surface area contributed by atoms with Crippen LogP contribution in [-0.2, 0) is 4.79 Å². The van der Waals surface area contributed by atoms with Crippen molar-refractivity contribution in [2.24, 2.45) is 0 Å². The van der Waals surface area contributed by atoms with Crippen LogP contribution in [0.5, 0.6) is 0 Å². The fraction of sp³-hybridized carbons (Fsp3) is 0.900. The SMILES string of the molecule is CNCCCCC(=O)N(C)C1CC1. The number of carbonyl (C=O) groups is 1. The summed E-state index contributed by atoms with van der Waals surface area (Å²) in [7, 11) is 3.87. The van der Waals surface area contributed by atoms with E-state index in [9.17, 15) is 4.79 Å². The van der Waals surface area contributed by atoms with Gasteiger partial charge in [-0.05, 0) is 39.3 Å². The molecule has 3 nitrogen and oxygen atoms in total. The summed E-state index contributed by atoms with van der Waals surface area (Å²) in [6.45, 7) is 1.01. The van der Waals surface area contributed by atoms with Gasteiger partial charge >= 0.3 is 0 Å². The summed E-state index contributed by atoms with van der Waals surface area (Å²) in [5.74, 6) is 0.318. The van der Waals surface area contributed by atoms with Gasteiger partial charge in [-0.1, -0.05) is 0 Å². The van der Waals surface area contributed by atoms with E-state index >= 15 is 0 Å². The minimum absolute atomic E-state index is 0.318. The van der Waals surface area contributed by atoms with E-state index < -0.39 is 0 Å². The summed E-state index contributed by atoms with van der Waals surface area (Å²) < 4.78 is 0. The monoisotopic (exact) mass is 184 g/mol. The van der Waals surface area contributed by atoms with Crippen molar-refractivity contribution in [3.8, 4) is 0 Å². The van der Waals surface area contributed by atoms with Gasteiger partial charge in [0.2, 0.25) is 5.91 Å². The van der Waals surface area contributed by atoms with Crippen LogP contribution in [0.4, 0.5) is 0 Å². The van der Waals surface area contributed by atoms with Gasteiger partial charge in [-0.3, -0.25) is 4.79 Å². The number of hydrogen-bond acceptors (Lipinski definition) is 2. The smallest absolute Gasteiger partial charge is 0.222 e. The Morgan fingerprint density at radius 3 is 2.69 bits per heavy atom. The molecule has 0 spiro atoms. The number of unbranched alkanes of at least 4 members (excludes halogenated alkanes) is 1. The first-order valence-corrected chi connectivity index (χ1v) is 5.16. The third-order valence-electron chi connectivity index (χ3n) is 2.56. The summed E-state index contributed by atoms with van der Waals surface area (Å²) in [6.07, 6.45) is 5.24. The standard InChI is InChI=1S/C10H20N2O/c1-11-8-4-3-5-10(13)12(2)9-6-7-9/h9,11H,3-8H2,1-2H3. The predicted octanol–water partition coefficient (Wildman–Crippen LogP) is 0.997. The van der Waals surface area contributed by atoms with Crippen molar-refractivity contribution < 1.29 is 4.79 Å². The molecule has 0 heterocycles. The van der Waals surface area contributed by atoms with Crippen LogP contribution in [0.3, 0.4) is 0 Å². The van der Waals surface area contributed by atoms with E-state index in [0.717, 1.165) is 19.4 Å². The van der Waals surface area contributed by atoms with Gasteiger partial charge in [0, 0.05) is 19.5 Å². The van der Waals surface area contributed by atoms with E-state index in [4.69, 9.17) is 0 Å². The molecule has 1 aliphatic rings. The average Bonchev–Trinajstić information content (AvgIpc) is 2.94. The van der Waals surface area contributed by atoms with Gasteiger partial charge in [-0.15, -0.1) is 0 Å². The first-order chi connectivity index (χ1) is 6.25. The maximum Gasteiger partial charge on any atom is 0.222 e. The predicted molar refractivity (Wildman–Crippen MR) is 53.6 cm³/mol. The topological polar surface area (TPSA) is 32.3 Å². The summed E-state index contributed by atoms with van der Waals surface area (Å²) in [5, 5.41) is 3.08. The van der Waals surface area contributed by atoms with Crippen molar-refractivity contribution in [1.82, 2.24) is 10.2 Å². The quantitative estimate of drug-likeness (QED) is 0.624. The van der Waals surface area contributed by atoms with Crippen LogP contribution in [0, 0.1) is 0 Å². The second-order valence-electron chi connectivity index (χ2n) is 3.80. The Morgan fingerprint density at radius 2 is 2.15 bits per heavy atom. The molecule has 0 saturated heterocycles. The molecule has 0 aromatic heterocycles. The normalized spacial score (nSPS) is 15.8. The Morgan fingerprint density at radius 1 is 1.46 bits per heavy atom. The second kappa shape index (κ2) is 5.22. The van der Waals surface area contributed by atoms with Gasteiger partial charge in [0.1, 0.15) is 0 Å². The molecule has 1 aliphatic carbocycles. The molecule has 13 heavy (non-hydrogen) atoms. The summed E-state index contributed by atoms with van der Waals surface area (Å²) in [6, 6.07) is 0.566.